The second-order valence-corrected chi connectivity index (χ2v) is 4.68. The number of amides is 1. The van der Waals surface area contributed by atoms with Gasteiger partial charge >= 0.3 is 5.97 Å². The molecule has 0 spiro atoms. The van der Waals surface area contributed by atoms with E-state index in [2.05, 4.69) is 5.32 Å². The number of methoxy groups -OCH3 is 2. The van der Waals surface area contributed by atoms with E-state index < -0.39 is 5.97 Å². The fraction of sp³-hybridized carbons (Fsp3) is 0.467. The lowest BCUT2D eigenvalue weighted by Gasteiger charge is -2.24. The minimum atomic E-state index is -0.990. The lowest BCUT2D eigenvalue weighted by molar-refractivity contribution is -0.139. The Morgan fingerprint density at radius 1 is 1.19 bits per heavy atom. The molecule has 1 amide bonds. The highest BCUT2D eigenvalue weighted by Gasteiger charge is 2.21. The molecule has 116 valence electrons. The molecular weight excluding hydrogens is 274 g/mol. The molecule has 21 heavy (non-hydrogen) atoms. The van der Waals surface area contributed by atoms with E-state index >= 15 is 0 Å². The highest BCUT2D eigenvalue weighted by atomic mass is 16.5. The molecule has 6 heteroatoms. The van der Waals surface area contributed by atoms with E-state index in [1.807, 2.05) is 31.2 Å². The molecule has 0 aliphatic rings. The second-order valence-electron chi connectivity index (χ2n) is 4.68. The summed E-state index contributed by atoms with van der Waals surface area (Å²) in [4.78, 5) is 22.1. The molecule has 2 atom stereocenters. The minimum Gasteiger partial charge on any atom is -0.497 e. The molecular formula is C15H21NO5. The first kappa shape index (κ1) is 17.0. The largest absolute Gasteiger partial charge is 0.497 e. The normalized spacial score (nSPS) is 13.3. The lowest BCUT2D eigenvalue weighted by Crippen LogP contribution is -2.37. The number of carbonyl (C=O) groups excluding carboxylic acids is 1. The molecule has 2 N–H and O–H groups in total. The summed E-state index contributed by atoms with van der Waals surface area (Å²) < 4.78 is 10.5. The quantitative estimate of drug-likeness (QED) is 0.763. The standard InChI is InChI=1S/C15H21NO5/c1-10(16-13(17)8-9-14(18)19)15(21-3)11-4-6-12(20-2)7-5-11/h4-7,10,15H,8-9H2,1-3H3,(H,16,17)(H,18,19). The number of hydrogen-bond donors (Lipinski definition) is 2. The molecule has 0 aliphatic carbocycles. The van der Waals surface area contributed by atoms with E-state index in [-0.39, 0.29) is 30.9 Å². The van der Waals surface area contributed by atoms with Crippen LogP contribution in [0, 0.1) is 0 Å². The van der Waals surface area contributed by atoms with E-state index in [1.165, 1.54) is 0 Å². The van der Waals surface area contributed by atoms with Crippen molar-refractivity contribution in [2.24, 2.45) is 0 Å². The zero-order chi connectivity index (χ0) is 15.8. The maximum absolute atomic E-state index is 11.7. The van der Waals surface area contributed by atoms with Crippen molar-refractivity contribution >= 4 is 11.9 Å². The average Bonchev–Trinajstić information content (AvgIpc) is 2.46. The van der Waals surface area contributed by atoms with Gasteiger partial charge in [-0.3, -0.25) is 9.59 Å². The molecule has 0 heterocycles. The van der Waals surface area contributed by atoms with Crippen LogP contribution in [0.3, 0.4) is 0 Å². The summed E-state index contributed by atoms with van der Waals surface area (Å²) in [6, 6.07) is 7.10. The second kappa shape index (κ2) is 8.26. The van der Waals surface area contributed by atoms with Gasteiger partial charge in [-0.15, -0.1) is 0 Å². The molecule has 6 nitrogen and oxygen atoms in total. The average molecular weight is 295 g/mol. The maximum atomic E-state index is 11.7. The van der Waals surface area contributed by atoms with Crippen molar-refractivity contribution in [2.75, 3.05) is 14.2 Å². The monoisotopic (exact) mass is 295 g/mol. The van der Waals surface area contributed by atoms with Crippen LogP contribution in [0.5, 0.6) is 5.75 Å². The van der Waals surface area contributed by atoms with Crippen molar-refractivity contribution in [3.8, 4) is 5.75 Å². The van der Waals surface area contributed by atoms with Crippen LogP contribution in [0.2, 0.25) is 0 Å². The van der Waals surface area contributed by atoms with Crippen LogP contribution >= 0.6 is 0 Å². The zero-order valence-electron chi connectivity index (χ0n) is 12.5. The first-order chi connectivity index (χ1) is 9.97. The van der Waals surface area contributed by atoms with Gasteiger partial charge in [0.1, 0.15) is 11.9 Å². The molecule has 0 aliphatic heterocycles. The molecule has 1 aromatic carbocycles. The summed E-state index contributed by atoms with van der Waals surface area (Å²) in [6.07, 6.45) is -0.540. The Labute approximate surface area is 124 Å². The Kier molecular flexibility index (Phi) is 6.68. The summed E-state index contributed by atoms with van der Waals surface area (Å²) >= 11 is 0. The van der Waals surface area contributed by atoms with Gasteiger partial charge in [0.25, 0.3) is 0 Å². The number of nitrogens with one attached hydrogen (secondary N) is 1. The van der Waals surface area contributed by atoms with E-state index in [1.54, 1.807) is 14.2 Å². The molecule has 2 unspecified atom stereocenters. The fourth-order valence-electron chi connectivity index (χ4n) is 2.04. The number of carboxylic acids is 1. The number of rotatable bonds is 8. The van der Waals surface area contributed by atoms with Gasteiger partial charge in [-0.05, 0) is 24.6 Å². The van der Waals surface area contributed by atoms with Gasteiger partial charge in [0.05, 0.1) is 19.6 Å². The van der Waals surface area contributed by atoms with Crippen LogP contribution in [-0.2, 0) is 14.3 Å². The molecule has 0 aromatic heterocycles. The fourth-order valence-corrected chi connectivity index (χ4v) is 2.04. The van der Waals surface area contributed by atoms with Crippen molar-refractivity contribution in [2.45, 2.75) is 31.9 Å². The van der Waals surface area contributed by atoms with Crippen molar-refractivity contribution in [3.63, 3.8) is 0 Å². The number of benzene rings is 1. The summed E-state index contributed by atoms with van der Waals surface area (Å²) in [7, 11) is 3.16. The van der Waals surface area contributed by atoms with Gasteiger partial charge < -0.3 is 19.9 Å². The summed E-state index contributed by atoms with van der Waals surface area (Å²) in [6.45, 7) is 1.82. The van der Waals surface area contributed by atoms with Gasteiger partial charge in [-0.2, -0.15) is 0 Å². The Morgan fingerprint density at radius 2 is 1.81 bits per heavy atom. The van der Waals surface area contributed by atoms with Crippen molar-refractivity contribution < 1.29 is 24.2 Å². The van der Waals surface area contributed by atoms with E-state index in [4.69, 9.17) is 14.6 Å². The molecule has 0 saturated carbocycles. The zero-order valence-corrected chi connectivity index (χ0v) is 12.5. The Bertz CT molecular complexity index is 471. The molecule has 0 radical (unpaired) electrons. The van der Waals surface area contributed by atoms with Crippen LogP contribution in [0.25, 0.3) is 0 Å². The summed E-state index contributed by atoms with van der Waals surface area (Å²) in [5.74, 6) is -0.552. The van der Waals surface area contributed by atoms with Crippen LogP contribution in [0.15, 0.2) is 24.3 Å². The molecule has 0 bridgehead atoms. The van der Waals surface area contributed by atoms with Crippen LogP contribution < -0.4 is 10.1 Å². The first-order valence-electron chi connectivity index (χ1n) is 6.65. The number of hydrogen-bond acceptors (Lipinski definition) is 4. The maximum Gasteiger partial charge on any atom is 0.303 e. The number of carboxylic acid groups (broad SMARTS) is 1. The first-order valence-corrected chi connectivity index (χ1v) is 6.65. The Balaban J connectivity index is 2.65. The number of ether oxygens (including phenoxy) is 2. The third-order valence-electron chi connectivity index (χ3n) is 3.11. The predicted octanol–water partition coefficient (Wildman–Crippen LogP) is 1.75. The lowest BCUT2D eigenvalue weighted by atomic mass is 10.0. The van der Waals surface area contributed by atoms with Crippen LogP contribution in [0.1, 0.15) is 31.4 Å². The van der Waals surface area contributed by atoms with Gasteiger partial charge in [0.2, 0.25) is 5.91 Å². The SMILES string of the molecule is COc1ccc(C(OC)C(C)NC(=O)CCC(=O)O)cc1. The molecule has 1 aromatic rings. The predicted molar refractivity (Wildman–Crippen MR) is 77.2 cm³/mol. The van der Waals surface area contributed by atoms with Crippen molar-refractivity contribution in [1.29, 1.82) is 0 Å². The summed E-state index contributed by atoms with van der Waals surface area (Å²) in [5, 5.41) is 11.3. The third-order valence-corrected chi connectivity index (χ3v) is 3.11. The highest BCUT2D eigenvalue weighted by molar-refractivity contribution is 5.80. The minimum absolute atomic E-state index is 0.0429. The number of aliphatic carboxylic acids is 1. The van der Waals surface area contributed by atoms with Crippen molar-refractivity contribution in [1.82, 2.24) is 5.32 Å². The highest BCUT2D eigenvalue weighted by Crippen LogP contribution is 2.23. The molecule has 0 saturated heterocycles. The summed E-state index contributed by atoms with van der Waals surface area (Å²) in [5.41, 5.74) is 0.907. The Hall–Kier alpha value is -2.08. The molecule has 1 rings (SSSR count). The topological polar surface area (TPSA) is 84.9 Å². The molecule has 0 fully saturated rings. The van der Waals surface area contributed by atoms with Gasteiger partial charge in [0.15, 0.2) is 0 Å². The van der Waals surface area contributed by atoms with Crippen LogP contribution in [0.4, 0.5) is 0 Å². The smallest absolute Gasteiger partial charge is 0.303 e. The number of carbonyl (C=O) groups is 2. The van der Waals surface area contributed by atoms with Gasteiger partial charge in [0, 0.05) is 13.5 Å². The van der Waals surface area contributed by atoms with Gasteiger partial charge in [-0.1, -0.05) is 12.1 Å². The van der Waals surface area contributed by atoms with Crippen molar-refractivity contribution in [3.05, 3.63) is 29.8 Å². The van der Waals surface area contributed by atoms with E-state index in [9.17, 15) is 9.59 Å². The van der Waals surface area contributed by atoms with E-state index in [0.29, 0.717) is 0 Å². The van der Waals surface area contributed by atoms with Crippen LogP contribution in [-0.4, -0.2) is 37.2 Å². The van der Waals surface area contributed by atoms with E-state index in [0.717, 1.165) is 11.3 Å². The Morgan fingerprint density at radius 3 is 2.29 bits per heavy atom. The third kappa shape index (κ3) is 5.43. The van der Waals surface area contributed by atoms with Gasteiger partial charge in [-0.25, -0.2) is 0 Å².